The molecule has 3 aromatic rings. The zero-order valence-electron chi connectivity index (χ0n) is 23.0. The molecule has 1 N–H and O–H groups in total. The van der Waals surface area contributed by atoms with Crippen LogP contribution in [0.15, 0.2) is 82.2 Å². The molecular formula is C30H36BrN3O4S. The number of anilines is 1. The molecule has 39 heavy (non-hydrogen) atoms. The number of amides is 2. The Balaban J connectivity index is 2.03. The van der Waals surface area contributed by atoms with Crippen LogP contribution in [0.3, 0.4) is 0 Å². The second-order valence-electron chi connectivity index (χ2n) is 10.1. The van der Waals surface area contributed by atoms with Crippen LogP contribution in [0.2, 0.25) is 0 Å². The Morgan fingerprint density at radius 2 is 1.49 bits per heavy atom. The van der Waals surface area contributed by atoms with Crippen molar-refractivity contribution in [2.75, 3.05) is 17.4 Å². The monoisotopic (exact) mass is 613 g/mol. The summed E-state index contributed by atoms with van der Waals surface area (Å²) in [5.41, 5.74) is 2.96. The third-order valence-electron chi connectivity index (χ3n) is 6.22. The van der Waals surface area contributed by atoms with Gasteiger partial charge in [-0.1, -0.05) is 66.2 Å². The molecule has 1 atom stereocenters. The number of carbonyl (C=O) groups excluding carboxylic acids is 2. The van der Waals surface area contributed by atoms with Crippen LogP contribution in [0.1, 0.15) is 37.5 Å². The molecule has 3 aromatic carbocycles. The van der Waals surface area contributed by atoms with Gasteiger partial charge in [0.1, 0.15) is 12.6 Å². The highest BCUT2D eigenvalue weighted by atomic mass is 79.9. The summed E-state index contributed by atoms with van der Waals surface area (Å²) in [5.74, 6) is -0.533. The zero-order chi connectivity index (χ0) is 28.7. The molecule has 0 unspecified atom stereocenters. The third-order valence-corrected chi connectivity index (χ3v) is 8.54. The Bertz CT molecular complexity index is 1370. The molecule has 2 amide bonds. The molecule has 0 aliphatic rings. The lowest BCUT2D eigenvalue weighted by atomic mass is 10.1. The molecule has 0 spiro atoms. The normalized spacial score (nSPS) is 12.2. The number of carbonyl (C=O) groups is 2. The van der Waals surface area contributed by atoms with E-state index in [9.17, 15) is 18.0 Å². The van der Waals surface area contributed by atoms with Crippen molar-refractivity contribution in [3.8, 4) is 0 Å². The lowest BCUT2D eigenvalue weighted by molar-refractivity contribution is -0.139. The first kappa shape index (κ1) is 30.4. The number of halogens is 1. The summed E-state index contributed by atoms with van der Waals surface area (Å²) >= 11 is 3.42. The van der Waals surface area contributed by atoms with Crippen LogP contribution in [-0.2, 0) is 26.2 Å². The minimum Gasteiger partial charge on any atom is -0.354 e. The van der Waals surface area contributed by atoms with Gasteiger partial charge in [0.15, 0.2) is 0 Å². The van der Waals surface area contributed by atoms with Gasteiger partial charge in [-0.05, 0) is 79.8 Å². The van der Waals surface area contributed by atoms with Crippen LogP contribution in [-0.4, -0.2) is 44.3 Å². The van der Waals surface area contributed by atoms with Gasteiger partial charge in [-0.25, -0.2) is 8.42 Å². The van der Waals surface area contributed by atoms with Crippen molar-refractivity contribution in [1.29, 1.82) is 0 Å². The van der Waals surface area contributed by atoms with E-state index in [1.165, 1.54) is 17.0 Å². The maximum Gasteiger partial charge on any atom is 0.264 e. The molecule has 0 saturated carbocycles. The van der Waals surface area contributed by atoms with E-state index in [1.54, 1.807) is 37.3 Å². The van der Waals surface area contributed by atoms with E-state index in [0.29, 0.717) is 12.2 Å². The zero-order valence-corrected chi connectivity index (χ0v) is 25.4. The highest BCUT2D eigenvalue weighted by molar-refractivity contribution is 9.10. The summed E-state index contributed by atoms with van der Waals surface area (Å²) in [6, 6.07) is 20.1. The number of hydrogen-bond donors (Lipinski definition) is 1. The summed E-state index contributed by atoms with van der Waals surface area (Å²) in [6.07, 6.45) is 0. The maximum absolute atomic E-state index is 14.0. The van der Waals surface area contributed by atoms with E-state index >= 15 is 0 Å². The highest BCUT2D eigenvalue weighted by Gasteiger charge is 2.32. The van der Waals surface area contributed by atoms with Crippen LogP contribution in [0.25, 0.3) is 0 Å². The average Bonchev–Trinajstić information content (AvgIpc) is 2.89. The highest BCUT2D eigenvalue weighted by Crippen LogP contribution is 2.26. The number of nitrogens with zero attached hydrogens (tertiary/aromatic N) is 2. The van der Waals surface area contributed by atoms with Crippen molar-refractivity contribution in [3.05, 3.63) is 94.0 Å². The number of aryl methyl sites for hydroxylation is 2. The van der Waals surface area contributed by atoms with E-state index < -0.39 is 28.5 Å². The summed E-state index contributed by atoms with van der Waals surface area (Å²) in [6.45, 7) is 9.57. The van der Waals surface area contributed by atoms with E-state index in [2.05, 4.69) is 21.2 Å². The molecule has 0 aliphatic heterocycles. The molecule has 7 nitrogen and oxygen atoms in total. The van der Waals surface area contributed by atoms with Gasteiger partial charge in [-0.3, -0.25) is 13.9 Å². The van der Waals surface area contributed by atoms with Crippen LogP contribution in [0.4, 0.5) is 5.69 Å². The Kier molecular flexibility index (Phi) is 10.3. The maximum atomic E-state index is 14.0. The number of sulfonamides is 1. The van der Waals surface area contributed by atoms with Crippen molar-refractivity contribution in [2.45, 2.75) is 52.1 Å². The van der Waals surface area contributed by atoms with E-state index in [0.717, 1.165) is 25.5 Å². The van der Waals surface area contributed by atoms with E-state index in [1.807, 2.05) is 58.0 Å². The summed E-state index contributed by atoms with van der Waals surface area (Å²) < 4.78 is 29.7. The number of benzene rings is 3. The molecule has 9 heteroatoms. The number of rotatable bonds is 11. The van der Waals surface area contributed by atoms with Crippen molar-refractivity contribution < 1.29 is 18.0 Å². The first-order chi connectivity index (χ1) is 18.4. The fraction of sp³-hybridized carbons (Fsp3) is 0.333. The van der Waals surface area contributed by atoms with Crippen LogP contribution >= 0.6 is 15.9 Å². The Morgan fingerprint density at radius 1 is 0.897 bits per heavy atom. The molecule has 0 saturated heterocycles. The predicted molar refractivity (Wildman–Crippen MR) is 159 cm³/mol. The minimum atomic E-state index is -4.08. The van der Waals surface area contributed by atoms with Gasteiger partial charge < -0.3 is 10.2 Å². The van der Waals surface area contributed by atoms with Gasteiger partial charge in [-0.2, -0.15) is 0 Å². The fourth-order valence-corrected chi connectivity index (χ4v) is 5.85. The van der Waals surface area contributed by atoms with Gasteiger partial charge in [0.05, 0.1) is 10.6 Å². The van der Waals surface area contributed by atoms with Gasteiger partial charge in [0.25, 0.3) is 10.0 Å². The quantitative estimate of drug-likeness (QED) is 0.311. The Morgan fingerprint density at radius 3 is 2.05 bits per heavy atom. The standard InChI is InChI=1S/C30H36BrN3O4S/c1-21(2)18-32-30(36)24(5)33(19-25-11-13-26(31)14-12-25)29(35)20-34(27-16-22(3)15-23(4)17-27)39(37,38)28-9-7-6-8-10-28/h6-17,21,24H,18-20H2,1-5H3,(H,32,36)/t24-/m1/s1. The molecule has 0 bridgehead atoms. The van der Waals surface area contributed by atoms with Gasteiger partial charge in [-0.15, -0.1) is 0 Å². The predicted octanol–water partition coefficient (Wildman–Crippen LogP) is 5.45. The summed E-state index contributed by atoms with van der Waals surface area (Å²) in [5, 5.41) is 2.90. The molecular weight excluding hydrogens is 578 g/mol. The minimum absolute atomic E-state index is 0.0825. The first-order valence-corrected chi connectivity index (χ1v) is 15.1. The van der Waals surface area contributed by atoms with Crippen LogP contribution in [0.5, 0.6) is 0 Å². The Hall–Kier alpha value is -3.17. The van der Waals surface area contributed by atoms with Crippen molar-refractivity contribution in [1.82, 2.24) is 10.2 Å². The average molecular weight is 615 g/mol. The summed E-state index contributed by atoms with van der Waals surface area (Å²) in [4.78, 5) is 28.5. The first-order valence-electron chi connectivity index (χ1n) is 12.9. The van der Waals surface area contributed by atoms with E-state index in [-0.39, 0.29) is 23.3 Å². The smallest absolute Gasteiger partial charge is 0.264 e. The van der Waals surface area contributed by atoms with Crippen molar-refractivity contribution in [2.24, 2.45) is 5.92 Å². The SMILES string of the molecule is Cc1cc(C)cc(N(CC(=O)N(Cc2ccc(Br)cc2)[C@H](C)C(=O)NCC(C)C)S(=O)(=O)c2ccccc2)c1. The fourth-order valence-electron chi connectivity index (χ4n) is 4.16. The molecule has 0 aromatic heterocycles. The van der Waals surface area contributed by atoms with E-state index in [4.69, 9.17) is 0 Å². The number of nitrogens with one attached hydrogen (secondary N) is 1. The molecule has 208 valence electrons. The molecule has 0 radical (unpaired) electrons. The third kappa shape index (κ3) is 8.16. The second kappa shape index (κ2) is 13.3. The van der Waals surface area contributed by atoms with Gasteiger partial charge in [0.2, 0.25) is 11.8 Å². The molecule has 0 heterocycles. The second-order valence-corrected chi connectivity index (χ2v) is 12.9. The van der Waals surface area contributed by atoms with Crippen molar-refractivity contribution in [3.63, 3.8) is 0 Å². The Labute approximate surface area is 240 Å². The molecule has 3 rings (SSSR count). The van der Waals surface area contributed by atoms with Gasteiger partial charge >= 0.3 is 0 Å². The number of hydrogen-bond acceptors (Lipinski definition) is 4. The van der Waals surface area contributed by atoms with Crippen LogP contribution < -0.4 is 9.62 Å². The summed E-state index contributed by atoms with van der Waals surface area (Å²) in [7, 11) is -4.08. The lowest BCUT2D eigenvalue weighted by Crippen LogP contribution is -2.51. The van der Waals surface area contributed by atoms with Crippen LogP contribution in [0, 0.1) is 19.8 Å². The topological polar surface area (TPSA) is 86.8 Å². The molecule has 0 aliphatic carbocycles. The van der Waals surface area contributed by atoms with Gasteiger partial charge in [0, 0.05) is 17.6 Å². The lowest BCUT2D eigenvalue weighted by Gasteiger charge is -2.32. The molecule has 0 fully saturated rings. The van der Waals surface area contributed by atoms with Crippen molar-refractivity contribution >= 4 is 43.5 Å². The largest absolute Gasteiger partial charge is 0.354 e.